The van der Waals surface area contributed by atoms with Crippen LogP contribution in [0.3, 0.4) is 0 Å². The number of hydrogen-bond donors (Lipinski definition) is 0. The molecular weight excluding hydrogens is 410 g/mol. The molecule has 0 unspecified atom stereocenters. The maximum atomic E-state index is 12.0. The van der Waals surface area contributed by atoms with E-state index in [4.69, 9.17) is 14.0 Å². The highest BCUT2D eigenvalue weighted by Crippen LogP contribution is 2.19. The molecule has 166 valence electrons. The van der Waals surface area contributed by atoms with Gasteiger partial charge in [-0.1, -0.05) is 25.9 Å². The van der Waals surface area contributed by atoms with Gasteiger partial charge in [-0.15, -0.1) is 0 Å². The van der Waals surface area contributed by atoms with Crippen molar-refractivity contribution >= 4 is 16.0 Å². The predicted octanol–water partition coefficient (Wildman–Crippen LogP) is 2.56. The average molecular weight is 440 g/mol. The van der Waals surface area contributed by atoms with Crippen LogP contribution in [0.4, 0.5) is 0 Å². The molecule has 0 saturated carbocycles. The van der Waals surface area contributed by atoms with Gasteiger partial charge in [0.15, 0.2) is 5.82 Å². The number of carbonyl (C=O) groups is 1. The number of benzene rings is 1. The molecule has 0 aliphatic rings. The van der Waals surface area contributed by atoms with Gasteiger partial charge >= 0.3 is 5.97 Å². The van der Waals surface area contributed by atoms with Crippen LogP contribution >= 0.6 is 0 Å². The molecule has 0 amide bonds. The number of nitrogens with zero attached hydrogens (tertiary/aromatic N) is 3. The number of aryl methyl sites for hydroxylation is 1. The van der Waals surface area contributed by atoms with Crippen LogP contribution in [0.5, 0.6) is 5.75 Å². The number of hydrogen-bond acceptors (Lipinski definition) is 8. The first-order chi connectivity index (χ1) is 14.0. The molecule has 9 nitrogen and oxygen atoms in total. The van der Waals surface area contributed by atoms with E-state index in [2.05, 4.69) is 10.1 Å². The summed E-state index contributed by atoms with van der Waals surface area (Å²) in [5.41, 5.74) is -0.179. The summed E-state index contributed by atoms with van der Waals surface area (Å²) in [7, 11) is -0.529. The topological polar surface area (TPSA) is 112 Å². The second-order valence-electron chi connectivity index (χ2n) is 7.94. The third-order valence-electron chi connectivity index (χ3n) is 4.13. The van der Waals surface area contributed by atoms with Crippen molar-refractivity contribution in [3.8, 4) is 5.75 Å². The minimum absolute atomic E-state index is 0.102. The Balaban J connectivity index is 1.66. The molecule has 1 heterocycles. The maximum Gasteiger partial charge on any atom is 0.305 e. The molecule has 2 aromatic rings. The molecule has 0 fully saturated rings. The van der Waals surface area contributed by atoms with Crippen molar-refractivity contribution in [2.75, 3.05) is 27.3 Å². The fraction of sp³-hybridized carbons (Fsp3) is 0.550. The molecule has 30 heavy (non-hydrogen) atoms. The summed E-state index contributed by atoms with van der Waals surface area (Å²) in [6, 6.07) is 6.07. The van der Waals surface area contributed by atoms with Crippen molar-refractivity contribution in [3.05, 3.63) is 36.0 Å². The first kappa shape index (κ1) is 23.8. The van der Waals surface area contributed by atoms with E-state index in [9.17, 15) is 13.2 Å². The van der Waals surface area contributed by atoms with Crippen LogP contribution in [-0.4, -0.2) is 56.1 Å². The van der Waals surface area contributed by atoms with Gasteiger partial charge in [0.05, 0.1) is 4.90 Å². The summed E-state index contributed by atoms with van der Waals surface area (Å²) in [6.07, 6.45) is 1.30. The minimum atomic E-state index is -3.47. The average Bonchev–Trinajstić information content (AvgIpc) is 3.15. The van der Waals surface area contributed by atoms with E-state index in [-0.39, 0.29) is 35.9 Å². The highest BCUT2D eigenvalue weighted by molar-refractivity contribution is 7.89. The first-order valence-electron chi connectivity index (χ1n) is 9.64. The van der Waals surface area contributed by atoms with E-state index in [1.807, 2.05) is 20.8 Å². The Labute approximate surface area is 177 Å². The van der Waals surface area contributed by atoms with Crippen LogP contribution in [0.2, 0.25) is 0 Å². The number of aromatic nitrogens is 2. The number of esters is 1. The van der Waals surface area contributed by atoms with E-state index in [1.54, 1.807) is 12.1 Å². The van der Waals surface area contributed by atoms with Crippen molar-refractivity contribution in [2.24, 2.45) is 0 Å². The zero-order valence-corrected chi connectivity index (χ0v) is 18.9. The molecule has 0 bridgehead atoms. The molecule has 2 rings (SSSR count). The molecule has 10 heteroatoms. The summed E-state index contributed by atoms with van der Waals surface area (Å²) in [4.78, 5) is 16.3. The van der Waals surface area contributed by atoms with Crippen LogP contribution in [-0.2, 0) is 31.4 Å². The summed E-state index contributed by atoms with van der Waals surface area (Å²) in [5.74, 6) is 1.32. The van der Waals surface area contributed by atoms with Gasteiger partial charge in [0.2, 0.25) is 15.9 Å². The molecular formula is C20H29N3O6S. The monoisotopic (exact) mass is 439 g/mol. The largest absolute Gasteiger partial charge is 0.490 e. The van der Waals surface area contributed by atoms with Gasteiger partial charge in [-0.2, -0.15) is 4.98 Å². The van der Waals surface area contributed by atoms with Crippen molar-refractivity contribution < 1.29 is 27.2 Å². The van der Waals surface area contributed by atoms with Crippen molar-refractivity contribution in [1.82, 2.24) is 14.4 Å². The quantitative estimate of drug-likeness (QED) is 0.410. The molecule has 1 aromatic carbocycles. The van der Waals surface area contributed by atoms with Crippen molar-refractivity contribution in [3.63, 3.8) is 0 Å². The van der Waals surface area contributed by atoms with Gasteiger partial charge in [0.25, 0.3) is 0 Å². The molecule has 0 atom stereocenters. The maximum absolute atomic E-state index is 12.0. The Morgan fingerprint density at radius 1 is 1.13 bits per heavy atom. The first-order valence-corrected chi connectivity index (χ1v) is 11.1. The van der Waals surface area contributed by atoms with E-state index in [0.717, 1.165) is 4.31 Å². The summed E-state index contributed by atoms with van der Waals surface area (Å²) >= 11 is 0. The summed E-state index contributed by atoms with van der Waals surface area (Å²) in [6.45, 7) is 6.28. The minimum Gasteiger partial charge on any atom is -0.490 e. The standard InChI is InChI=1S/C20H29N3O6S/c1-20(2,3)19-21-17(29-22-19)7-6-8-18(24)28-14-13-27-15-9-11-16(12-10-15)30(25,26)23(4)5/h9-12H,6-8,13-14H2,1-5H3. The molecule has 0 N–H and O–H groups in total. The van der Waals surface area contributed by atoms with E-state index >= 15 is 0 Å². The molecule has 0 aliphatic heterocycles. The van der Waals surface area contributed by atoms with Gasteiger partial charge in [-0.25, -0.2) is 12.7 Å². The van der Waals surface area contributed by atoms with Crippen molar-refractivity contribution in [2.45, 2.75) is 50.3 Å². The molecule has 0 saturated heterocycles. The zero-order chi connectivity index (χ0) is 22.4. The molecule has 0 radical (unpaired) electrons. The Kier molecular flexibility index (Phi) is 7.96. The normalized spacial score (nSPS) is 12.2. The lowest BCUT2D eigenvalue weighted by atomic mass is 9.96. The lowest BCUT2D eigenvalue weighted by Gasteiger charge is -2.12. The third-order valence-corrected chi connectivity index (χ3v) is 5.96. The SMILES string of the molecule is CN(C)S(=O)(=O)c1ccc(OCCOC(=O)CCCc2nc(C(C)(C)C)no2)cc1. The summed E-state index contributed by atoms with van der Waals surface area (Å²) < 4.78 is 41.0. The fourth-order valence-corrected chi connectivity index (χ4v) is 3.25. The van der Waals surface area contributed by atoms with Gasteiger partial charge in [-0.05, 0) is 30.7 Å². The molecule has 0 spiro atoms. The summed E-state index contributed by atoms with van der Waals surface area (Å²) in [5, 5.41) is 3.95. The second-order valence-corrected chi connectivity index (χ2v) is 10.1. The van der Waals surface area contributed by atoms with Crippen LogP contribution in [0.15, 0.2) is 33.7 Å². The lowest BCUT2D eigenvalue weighted by Crippen LogP contribution is -2.22. The number of carbonyl (C=O) groups excluding carboxylic acids is 1. The lowest BCUT2D eigenvalue weighted by molar-refractivity contribution is -0.144. The van der Waals surface area contributed by atoms with Gasteiger partial charge < -0.3 is 14.0 Å². The van der Waals surface area contributed by atoms with Crippen LogP contribution in [0, 0.1) is 0 Å². The number of ether oxygens (including phenoxy) is 2. The predicted molar refractivity (Wildman–Crippen MR) is 110 cm³/mol. The van der Waals surface area contributed by atoms with Crippen LogP contribution in [0.1, 0.15) is 45.3 Å². The smallest absolute Gasteiger partial charge is 0.305 e. The van der Waals surface area contributed by atoms with Crippen LogP contribution < -0.4 is 4.74 Å². The Bertz CT molecular complexity index is 930. The highest BCUT2D eigenvalue weighted by Gasteiger charge is 2.21. The highest BCUT2D eigenvalue weighted by atomic mass is 32.2. The van der Waals surface area contributed by atoms with Crippen molar-refractivity contribution in [1.29, 1.82) is 0 Å². The fourth-order valence-electron chi connectivity index (χ4n) is 2.35. The number of rotatable bonds is 10. The third kappa shape index (κ3) is 6.81. The number of sulfonamides is 1. The van der Waals surface area contributed by atoms with E-state index in [0.29, 0.717) is 30.3 Å². The Morgan fingerprint density at radius 2 is 1.80 bits per heavy atom. The molecule has 0 aliphatic carbocycles. The Morgan fingerprint density at radius 3 is 2.37 bits per heavy atom. The van der Waals surface area contributed by atoms with Gasteiger partial charge in [0, 0.05) is 32.4 Å². The van der Waals surface area contributed by atoms with Gasteiger partial charge in [0.1, 0.15) is 19.0 Å². The van der Waals surface area contributed by atoms with Crippen LogP contribution in [0.25, 0.3) is 0 Å². The van der Waals surface area contributed by atoms with E-state index in [1.165, 1.54) is 26.2 Å². The van der Waals surface area contributed by atoms with Gasteiger partial charge in [-0.3, -0.25) is 4.79 Å². The van der Waals surface area contributed by atoms with E-state index < -0.39 is 10.0 Å². The zero-order valence-electron chi connectivity index (χ0n) is 18.0. The Hall–Kier alpha value is -2.46. The molecule has 1 aromatic heterocycles. The second kappa shape index (κ2) is 10.0.